The predicted octanol–water partition coefficient (Wildman–Crippen LogP) is 2.20. The van der Waals surface area contributed by atoms with Gasteiger partial charge in [-0.3, -0.25) is 4.98 Å². The van der Waals surface area contributed by atoms with Crippen molar-refractivity contribution in [1.29, 1.82) is 0 Å². The average Bonchev–Trinajstić information content (AvgIpc) is 2.29. The Kier molecular flexibility index (Phi) is 3.56. The fraction of sp³-hybridized carbons (Fsp3) is 0.583. The largest absolute Gasteiger partial charge is 0.491 e. The van der Waals surface area contributed by atoms with Crippen LogP contribution in [0, 0.1) is 12.8 Å². The second-order valence-corrected chi connectivity index (χ2v) is 3.98. The molecule has 15 heavy (non-hydrogen) atoms. The zero-order chi connectivity index (χ0) is 10.5. The Morgan fingerprint density at radius 3 is 3.27 bits per heavy atom. The maximum Gasteiger partial charge on any atom is 0.140 e. The lowest BCUT2D eigenvalue weighted by Gasteiger charge is -2.22. The second kappa shape index (κ2) is 5.12. The van der Waals surface area contributed by atoms with Crippen molar-refractivity contribution in [2.45, 2.75) is 19.8 Å². The van der Waals surface area contributed by atoms with E-state index in [1.807, 2.05) is 19.1 Å². The topological polar surface area (TPSA) is 31.4 Å². The van der Waals surface area contributed by atoms with Gasteiger partial charge in [0.1, 0.15) is 5.75 Å². The Morgan fingerprint density at radius 2 is 2.53 bits per heavy atom. The Hall–Kier alpha value is -1.09. The molecule has 1 aliphatic rings. The fourth-order valence-corrected chi connectivity index (χ4v) is 1.77. The van der Waals surface area contributed by atoms with E-state index in [-0.39, 0.29) is 0 Å². The first-order chi connectivity index (χ1) is 7.36. The summed E-state index contributed by atoms with van der Waals surface area (Å²) >= 11 is 0. The van der Waals surface area contributed by atoms with Crippen molar-refractivity contribution in [2.75, 3.05) is 19.8 Å². The first-order valence-corrected chi connectivity index (χ1v) is 5.48. The van der Waals surface area contributed by atoms with E-state index in [1.54, 1.807) is 6.20 Å². The minimum atomic E-state index is 0.540. The number of nitrogens with zero attached hydrogens (tertiary/aromatic N) is 1. The molecule has 0 bridgehead atoms. The summed E-state index contributed by atoms with van der Waals surface area (Å²) in [4.78, 5) is 4.19. The van der Waals surface area contributed by atoms with Crippen LogP contribution >= 0.6 is 0 Å². The molecule has 0 spiro atoms. The molecule has 1 unspecified atom stereocenters. The molecule has 1 atom stereocenters. The third-order valence-corrected chi connectivity index (χ3v) is 2.69. The molecule has 0 N–H and O–H groups in total. The number of pyridine rings is 1. The molecule has 0 amide bonds. The molecule has 2 heterocycles. The third kappa shape index (κ3) is 2.93. The van der Waals surface area contributed by atoms with Crippen LogP contribution in [0.5, 0.6) is 5.75 Å². The maximum absolute atomic E-state index is 5.73. The van der Waals surface area contributed by atoms with Gasteiger partial charge in [-0.2, -0.15) is 0 Å². The summed E-state index contributed by atoms with van der Waals surface area (Å²) < 4.78 is 11.1. The number of aromatic nitrogens is 1. The van der Waals surface area contributed by atoms with Gasteiger partial charge < -0.3 is 9.47 Å². The maximum atomic E-state index is 5.73. The number of hydrogen-bond acceptors (Lipinski definition) is 3. The molecule has 1 aromatic heterocycles. The molecule has 1 aromatic rings. The molecule has 1 aliphatic heterocycles. The molecule has 3 nitrogen and oxygen atoms in total. The Bertz CT molecular complexity index is 308. The van der Waals surface area contributed by atoms with Gasteiger partial charge in [0, 0.05) is 18.7 Å². The first kappa shape index (κ1) is 10.4. The summed E-state index contributed by atoms with van der Waals surface area (Å²) in [5.74, 6) is 1.43. The van der Waals surface area contributed by atoms with Crippen molar-refractivity contribution in [1.82, 2.24) is 4.98 Å². The van der Waals surface area contributed by atoms with E-state index in [4.69, 9.17) is 9.47 Å². The van der Waals surface area contributed by atoms with E-state index in [9.17, 15) is 0 Å². The standard InChI is InChI=1S/C12H17NO2/c1-10-12(5-2-6-13-10)15-9-11-4-3-7-14-8-11/h2,5-6,11H,3-4,7-9H2,1H3. The molecule has 1 saturated heterocycles. The summed E-state index contributed by atoms with van der Waals surface area (Å²) in [6.45, 7) is 4.45. The molecule has 2 rings (SSSR count). The Morgan fingerprint density at radius 1 is 1.60 bits per heavy atom. The van der Waals surface area contributed by atoms with Gasteiger partial charge in [0.25, 0.3) is 0 Å². The van der Waals surface area contributed by atoms with Crippen LogP contribution in [0.3, 0.4) is 0 Å². The van der Waals surface area contributed by atoms with Crippen LogP contribution in [0.1, 0.15) is 18.5 Å². The van der Waals surface area contributed by atoms with Crippen molar-refractivity contribution >= 4 is 0 Å². The average molecular weight is 207 g/mol. The SMILES string of the molecule is Cc1ncccc1OCC1CCCOC1. The highest BCUT2D eigenvalue weighted by Crippen LogP contribution is 2.18. The Labute approximate surface area is 90.4 Å². The molecule has 0 aromatic carbocycles. The molecule has 82 valence electrons. The smallest absolute Gasteiger partial charge is 0.140 e. The van der Waals surface area contributed by atoms with Crippen LogP contribution in [0.25, 0.3) is 0 Å². The normalized spacial score (nSPS) is 21.3. The van der Waals surface area contributed by atoms with Gasteiger partial charge in [-0.15, -0.1) is 0 Å². The lowest BCUT2D eigenvalue weighted by atomic mass is 10.0. The highest BCUT2D eigenvalue weighted by atomic mass is 16.5. The summed E-state index contributed by atoms with van der Waals surface area (Å²) in [7, 11) is 0. The summed E-state index contributed by atoms with van der Waals surface area (Å²) in [5, 5.41) is 0. The number of aryl methyl sites for hydroxylation is 1. The molecular weight excluding hydrogens is 190 g/mol. The lowest BCUT2D eigenvalue weighted by molar-refractivity contribution is 0.0350. The zero-order valence-corrected chi connectivity index (χ0v) is 9.11. The summed E-state index contributed by atoms with van der Waals surface area (Å²) in [6.07, 6.45) is 4.14. The van der Waals surface area contributed by atoms with E-state index in [1.165, 1.54) is 6.42 Å². The molecule has 0 aliphatic carbocycles. The minimum absolute atomic E-state index is 0.540. The van der Waals surface area contributed by atoms with Gasteiger partial charge >= 0.3 is 0 Å². The van der Waals surface area contributed by atoms with Gasteiger partial charge in [0.05, 0.1) is 18.9 Å². The number of hydrogen-bond donors (Lipinski definition) is 0. The van der Waals surface area contributed by atoms with Crippen LogP contribution in [0.2, 0.25) is 0 Å². The van der Waals surface area contributed by atoms with E-state index in [2.05, 4.69) is 4.98 Å². The summed E-state index contributed by atoms with van der Waals surface area (Å²) in [5.41, 5.74) is 0.953. The van der Waals surface area contributed by atoms with E-state index >= 15 is 0 Å². The van der Waals surface area contributed by atoms with Crippen LogP contribution in [-0.2, 0) is 4.74 Å². The van der Waals surface area contributed by atoms with Crippen molar-refractivity contribution in [3.63, 3.8) is 0 Å². The van der Waals surface area contributed by atoms with Crippen molar-refractivity contribution < 1.29 is 9.47 Å². The van der Waals surface area contributed by atoms with Crippen LogP contribution in [-0.4, -0.2) is 24.8 Å². The fourth-order valence-electron chi connectivity index (χ4n) is 1.77. The first-order valence-electron chi connectivity index (χ1n) is 5.48. The third-order valence-electron chi connectivity index (χ3n) is 2.69. The molecule has 1 fully saturated rings. The highest BCUT2D eigenvalue weighted by molar-refractivity contribution is 5.25. The van der Waals surface area contributed by atoms with Gasteiger partial charge in [-0.1, -0.05) is 0 Å². The molecule has 0 radical (unpaired) electrons. The summed E-state index contributed by atoms with van der Waals surface area (Å²) in [6, 6.07) is 3.87. The van der Waals surface area contributed by atoms with Crippen molar-refractivity contribution in [2.24, 2.45) is 5.92 Å². The van der Waals surface area contributed by atoms with Crippen LogP contribution in [0.15, 0.2) is 18.3 Å². The van der Waals surface area contributed by atoms with Crippen molar-refractivity contribution in [3.05, 3.63) is 24.0 Å². The van der Waals surface area contributed by atoms with Crippen molar-refractivity contribution in [3.8, 4) is 5.75 Å². The monoisotopic (exact) mass is 207 g/mol. The number of rotatable bonds is 3. The quantitative estimate of drug-likeness (QED) is 0.761. The van der Waals surface area contributed by atoms with E-state index in [0.29, 0.717) is 5.92 Å². The predicted molar refractivity (Wildman–Crippen MR) is 58.0 cm³/mol. The van der Waals surface area contributed by atoms with Gasteiger partial charge in [0.2, 0.25) is 0 Å². The lowest BCUT2D eigenvalue weighted by Crippen LogP contribution is -2.23. The van der Waals surface area contributed by atoms with Gasteiger partial charge in [0.15, 0.2) is 0 Å². The molecule has 3 heteroatoms. The van der Waals surface area contributed by atoms with E-state index in [0.717, 1.165) is 37.7 Å². The Balaban J connectivity index is 1.84. The van der Waals surface area contributed by atoms with Gasteiger partial charge in [-0.05, 0) is 31.9 Å². The van der Waals surface area contributed by atoms with Crippen LogP contribution < -0.4 is 4.74 Å². The molecule has 0 saturated carbocycles. The number of ether oxygens (including phenoxy) is 2. The second-order valence-electron chi connectivity index (χ2n) is 3.98. The molecular formula is C12H17NO2. The minimum Gasteiger partial charge on any atom is -0.491 e. The van der Waals surface area contributed by atoms with Gasteiger partial charge in [-0.25, -0.2) is 0 Å². The highest BCUT2D eigenvalue weighted by Gasteiger charge is 2.14. The van der Waals surface area contributed by atoms with E-state index < -0.39 is 0 Å². The zero-order valence-electron chi connectivity index (χ0n) is 9.11. The van der Waals surface area contributed by atoms with Crippen LogP contribution in [0.4, 0.5) is 0 Å².